The second-order valence-corrected chi connectivity index (χ2v) is 7.05. The van der Waals surface area contributed by atoms with Crippen LogP contribution in [0, 0.1) is 12.8 Å². The lowest BCUT2D eigenvalue weighted by molar-refractivity contribution is -0.145. The van der Waals surface area contributed by atoms with Gasteiger partial charge in [0.1, 0.15) is 0 Å². The summed E-state index contributed by atoms with van der Waals surface area (Å²) < 4.78 is 1.69. The number of rotatable bonds is 5. The molecule has 1 aliphatic rings. The van der Waals surface area contributed by atoms with E-state index in [1.807, 2.05) is 37.3 Å². The molecule has 0 spiro atoms. The summed E-state index contributed by atoms with van der Waals surface area (Å²) >= 11 is 0. The minimum absolute atomic E-state index is 0.0491. The van der Waals surface area contributed by atoms with E-state index in [1.54, 1.807) is 16.6 Å². The fourth-order valence-corrected chi connectivity index (χ4v) is 3.41. The molecule has 2 aromatic rings. The van der Waals surface area contributed by atoms with Gasteiger partial charge in [0.05, 0.1) is 35.6 Å². The van der Waals surface area contributed by atoms with Crippen LogP contribution in [0.2, 0.25) is 0 Å². The minimum Gasteiger partial charge on any atom is -0.481 e. The van der Waals surface area contributed by atoms with Gasteiger partial charge in [0.25, 0.3) is 5.91 Å². The number of hydrogen-bond acceptors (Lipinski definition) is 4. The molecule has 1 aromatic carbocycles. The zero-order chi connectivity index (χ0) is 20.3. The van der Waals surface area contributed by atoms with E-state index in [0.717, 1.165) is 5.69 Å². The molecular formula is C20H24N4O4. The van der Waals surface area contributed by atoms with Crippen molar-refractivity contribution >= 4 is 17.8 Å². The smallest absolute Gasteiger partial charge is 0.306 e. The third kappa shape index (κ3) is 4.05. The van der Waals surface area contributed by atoms with Gasteiger partial charge < -0.3 is 14.9 Å². The molecule has 1 N–H and O–H groups in total. The molecule has 1 saturated heterocycles. The van der Waals surface area contributed by atoms with Crippen molar-refractivity contribution in [3.05, 3.63) is 47.8 Å². The van der Waals surface area contributed by atoms with Gasteiger partial charge in [-0.1, -0.05) is 18.2 Å². The first-order valence-electron chi connectivity index (χ1n) is 9.24. The van der Waals surface area contributed by atoms with E-state index < -0.39 is 11.9 Å². The van der Waals surface area contributed by atoms with Crippen molar-refractivity contribution in [1.29, 1.82) is 0 Å². The number of carbonyl (C=O) groups excluding carboxylic acids is 2. The number of amides is 2. The van der Waals surface area contributed by atoms with Crippen molar-refractivity contribution in [2.45, 2.75) is 19.8 Å². The van der Waals surface area contributed by atoms with Gasteiger partial charge in [0, 0.05) is 20.1 Å². The lowest BCUT2D eigenvalue weighted by Crippen LogP contribution is -2.45. The van der Waals surface area contributed by atoms with Crippen molar-refractivity contribution in [3.8, 4) is 5.69 Å². The monoisotopic (exact) mass is 384 g/mol. The van der Waals surface area contributed by atoms with Gasteiger partial charge in [-0.3, -0.25) is 14.4 Å². The van der Waals surface area contributed by atoms with Crippen LogP contribution in [0.5, 0.6) is 0 Å². The molecule has 1 aliphatic heterocycles. The van der Waals surface area contributed by atoms with Crippen molar-refractivity contribution < 1.29 is 19.5 Å². The van der Waals surface area contributed by atoms with Crippen LogP contribution in [0.3, 0.4) is 0 Å². The Labute approximate surface area is 163 Å². The summed E-state index contributed by atoms with van der Waals surface area (Å²) in [5.74, 6) is -1.65. The Morgan fingerprint density at radius 2 is 1.82 bits per heavy atom. The number of benzene rings is 1. The van der Waals surface area contributed by atoms with Gasteiger partial charge in [-0.2, -0.15) is 5.10 Å². The molecule has 2 amide bonds. The number of hydrogen-bond donors (Lipinski definition) is 1. The van der Waals surface area contributed by atoms with Crippen LogP contribution in [0.15, 0.2) is 36.5 Å². The van der Waals surface area contributed by atoms with E-state index in [-0.39, 0.29) is 18.4 Å². The first kappa shape index (κ1) is 19.6. The number of para-hydroxylation sites is 1. The fourth-order valence-electron chi connectivity index (χ4n) is 3.41. The van der Waals surface area contributed by atoms with E-state index in [9.17, 15) is 14.4 Å². The van der Waals surface area contributed by atoms with Crippen LogP contribution < -0.4 is 0 Å². The summed E-state index contributed by atoms with van der Waals surface area (Å²) in [7, 11) is 1.59. The molecule has 148 valence electrons. The van der Waals surface area contributed by atoms with Crippen LogP contribution in [0.25, 0.3) is 5.69 Å². The maximum Gasteiger partial charge on any atom is 0.306 e. The van der Waals surface area contributed by atoms with Gasteiger partial charge in [-0.25, -0.2) is 4.68 Å². The summed E-state index contributed by atoms with van der Waals surface area (Å²) in [5.41, 5.74) is 2.01. The van der Waals surface area contributed by atoms with Gasteiger partial charge >= 0.3 is 5.97 Å². The lowest BCUT2D eigenvalue weighted by Gasteiger charge is -2.31. The maximum absolute atomic E-state index is 12.8. The van der Waals surface area contributed by atoms with Gasteiger partial charge in [-0.15, -0.1) is 0 Å². The van der Waals surface area contributed by atoms with Crippen molar-refractivity contribution in [2.24, 2.45) is 5.92 Å². The summed E-state index contributed by atoms with van der Waals surface area (Å²) in [6, 6.07) is 9.52. The first-order valence-corrected chi connectivity index (χ1v) is 9.24. The second-order valence-electron chi connectivity index (χ2n) is 7.05. The molecule has 1 fully saturated rings. The fraction of sp³-hybridized carbons (Fsp3) is 0.400. The Morgan fingerprint density at radius 1 is 1.18 bits per heavy atom. The Hall–Kier alpha value is -3.16. The zero-order valence-corrected chi connectivity index (χ0v) is 16.0. The number of carboxylic acids is 1. The predicted octanol–water partition coefficient (Wildman–Crippen LogP) is 1.58. The predicted molar refractivity (Wildman–Crippen MR) is 102 cm³/mol. The molecule has 0 radical (unpaired) electrons. The number of piperidine rings is 1. The Bertz CT molecular complexity index is 870. The van der Waals surface area contributed by atoms with Crippen molar-refractivity contribution in [3.63, 3.8) is 0 Å². The molecule has 0 atom stereocenters. The quantitative estimate of drug-likeness (QED) is 0.844. The highest BCUT2D eigenvalue weighted by molar-refractivity contribution is 5.97. The molecule has 0 unspecified atom stereocenters. The molecule has 2 heterocycles. The number of carboxylic acid groups (broad SMARTS) is 1. The van der Waals surface area contributed by atoms with Gasteiger partial charge in [0.2, 0.25) is 5.91 Å². The van der Waals surface area contributed by atoms with Gasteiger partial charge in [-0.05, 0) is 31.9 Å². The normalized spacial score (nSPS) is 14.7. The number of likely N-dealkylation sites (N-methyl/N-ethyl adjacent to an activating group) is 1. The summed E-state index contributed by atoms with van der Waals surface area (Å²) in [5, 5.41) is 13.4. The summed E-state index contributed by atoms with van der Waals surface area (Å²) in [6.07, 6.45) is 2.41. The average Bonchev–Trinajstić information content (AvgIpc) is 3.09. The summed E-state index contributed by atoms with van der Waals surface area (Å²) in [4.78, 5) is 39.3. The van der Waals surface area contributed by atoms with E-state index in [0.29, 0.717) is 37.2 Å². The highest BCUT2D eigenvalue weighted by Gasteiger charge is 2.28. The van der Waals surface area contributed by atoms with Crippen LogP contribution >= 0.6 is 0 Å². The topological polar surface area (TPSA) is 95.7 Å². The van der Waals surface area contributed by atoms with Crippen LogP contribution in [-0.2, 0) is 9.59 Å². The SMILES string of the molecule is Cc1c(C(=O)N(C)CC(=O)N2CCC(C(=O)O)CC2)cnn1-c1ccccc1. The first-order chi connectivity index (χ1) is 13.4. The largest absolute Gasteiger partial charge is 0.481 e. The number of aliphatic carboxylic acids is 1. The molecule has 0 aliphatic carbocycles. The third-order valence-electron chi connectivity index (χ3n) is 5.16. The number of carbonyl (C=O) groups is 3. The molecule has 28 heavy (non-hydrogen) atoms. The molecular weight excluding hydrogens is 360 g/mol. The third-order valence-corrected chi connectivity index (χ3v) is 5.16. The van der Waals surface area contributed by atoms with Crippen LogP contribution in [0.4, 0.5) is 0 Å². The van der Waals surface area contributed by atoms with E-state index in [4.69, 9.17) is 5.11 Å². The zero-order valence-electron chi connectivity index (χ0n) is 16.0. The number of nitrogens with zero attached hydrogens (tertiary/aromatic N) is 4. The average molecular weight is 384 g/mol. The van der Waals surface area contributed by atoms with Gasteiger partial charge in [0.15, 0.2) is 0 Å². The lowest BCUT2D eigenvalue weighted by atomic mass is 9.97. The molecule has 0 saturated carbocycles. The molecule has 0 bridgehead atoms. The Kier molecular flexibility index (Phi) is 5.77. The van der Waals surface area contributed by atoms with Crippen molar-refractivity contribution in [2.75, 3.05) is 26.7 Å². The Morgan fingerprint density at radius 3 is 2.43 bits per heavy atom. The highest BCUT2D eigenvalue weighted by atomic mass is 16.4. The maximum atomic E-state index is 12.8. The molecule has 3 rings (SSSR count). The number of likely N-dealkylation sites (tertiary alicyclic amines) is 1. The van der Waals surface area contributed by atoms with E-state index in [1.165, 1.54) is 11.1 Å². The Balaban J connectivity index is 1.63. The van der Waals surface area contributed by atoms with E-state index in [2.05, 4.69) is 5.10 Å². The molecule has 1 aromatic heterocycles. The van der Waals surface area contributed by atoms with Crippen LogP contribution in [0.1, 0.15) is 28.9 Å². The van der Waals surface area contributed by atoms with E-state index >= 15 is 0 Å². The second kappa shape index (κ2) is 8.24. The highest BCUT2D eigenvalue weighted by Crippen LogP contribution is 2.18. The number of aromatic nitrogens is 2. The van der Waals surface area contributed by atoms with Crippen LogP contribution in [-0.4, -0.2) is 69.2 Å². The molecule has 8 heteroatoms. The summed E-state index contributed by atoms with van der Waals surface area (Å²) in [6.45, 7) is 2.58. The standard InChI is InChI=1S/C20H24N4O4/c1-14-17(12-21-24(14)16-6-4-3-5-7-16)19(26)22(2)13-18(25)23-10-8-15(9-11-23)20(27)28/h3-7,12,15H,8-11,13H2,1-2H3,(H,27,28). The van der Waals surface area contributed by atoms with Crippen molar-refractivity contribution in [1.82, 2.24) is 19.6 Å². The molecule has 8 nitrogen and oxygen atoms in total. The minimum atomic E-state index is -0.815.